The highest BCUT2D eigenvalue weighted by Gasteiger charge is 2.43. The normalized spacial score (nSPS) is 29.5. The van der Waals surface area contributed by atoms with E-state index in [2.05, 4.69) is 20.8 Å². The molecule has 1 rings (SSSR count). The Morgan fingerprint density at radius 3 is 2.37 bits per heavy atom. The average Bonchev–Trinajstić information content (AvgIpc) is 2.22. The summed E-state index contributed by atoms with van der Waals surface area (Å²) in [6, 6.07) is 0. The third-order valence-electron chi connectivity index (χ3n) is 4.10. The van der Waals surface area contributed by atoms with Crippen LogP contribution in [0.1, 0.15) is 52.9 Å². The first kappa shape index (κ1) is 16.8. The highest BCUT2D eigenvalue weighted by atomic mass is 19.4. The van der Waals surface area contributed by atoms with Crippen LogP contribution in [0.25, 0.3) is 0 Å². The van der Waals surface area contributed by atoms with Gasteiger partial charge in [0.1, 0.15) is 6.61 Å². The zero-order chi connectivity index (χ0) is 14.7. The second kappa shape index (κ2) is 6.00. The summed E-state index contributed by atoms with van der Waals surface area (Å²) in [6.07, 6.45) is 0.402. The molecule has 1 aliphatic carbocycles. The fourth-order valence-electron chi connectivity index (χ4n) is 3.31. The summed E-state index contributed by atoms with van der Waals surface area (Å²) >= 11 is 0. The number of alkyl halides is 3. The Bertz CT molecular complexity index is 285. The Kier molecular flexibility index (Phi) is 5.29. The predicted molar refractivity (Wildman–Crippen MR) is 69.8 cm³/mol. The van der Waals surface area contributed by atoms with Gasteiger partial charge in [-0.15, -0.1) is 0 Å². The molecule has 1 saturated carbocycles. The maximum Gasteiger partial charge on any atom is 0.411 e. The molecule has 2 unspecified atom stereocenters. The van der Waals surface area contributed by atoms with Crippen molar-refractivity contribution in [1.82, 2.24) is 0 Å². The third-order valence-corrected chi connectivity index (χ3v) is 4.10. The molecule has 0 aliphatic heterocycles. The predicted octanol–water partition coefficient (Wildman–Crippen LogP) is 3.89. The zero-order valence-corrected chi connectivity index (χ0v) is 12.1. The van der Waals surface area contributed by atoms with Crippen LogP contribution in [0.5, 0.6) is 0 Å². The summed E-state index contributed by atoms with van der Waals surface area (Å²) in [5.74, 6) is 0.336. The van der Waals surface area contributed by atoms with Gasteiger partial charge in [-0.05, 0) is 30.6 Å². The zero-order valence-electron chi connectivity index (χ0n) is 12.1. The minimum absolute atomic E-state index is 0.0825. The van der Waals surface area contributed by atoms with Gasteiger partial charge in [0.25, 0.3) is 0 Å². The maximum atomic E-state index is 12.0. The van der Waals surface area contributed by atoms with Crippen molar-refractivity contribution in [2.24, 2.45) is 17.1 Å². The van der Waals surface area contributed by atoms with Gasteiger partial charge in [-0.3, -0.25) is 0 Å². The van der Waals surface area contributed by atoms with Crippen LogP contribution in [0.15, 0.2) is 0 Å². The van der Waals surface area contributed by atoms with Gasteiger partial charge in [-0.25, -0.2) is 0 Å². The molecule has 19 heavy (non-hydrogen) atoms. The second-order valence-corrected chi connectivity index (χ2v) is 6.82. The highest BCUT2D eigenvalue weighted by Crippen LogP contribution is 2.44. The quantitative estimate of drug-likeness (QED) is 0.793. The van der Waals surface area contributed by atoms with Gasteiger partial charge in [0.15, 0.2) is 0 Å². The molecule has 0 spiro atoms. The number of rotatable bonds is 4. The first-order valence-corrected chi connectivity index (χ1v) is 6.98. The van der Waals surface area contributed by atoms with Gasteiger partial charge >= 0.3 is 6.18 Å². The van der Waals surface area contributed by atoms with Crippen LogP contribution in [0.3, 0.4) is 0 Å². The van der Waals surface area contributed by atoms with E-state index in [0.29, 0.717) is 12.3 Å². The Hall–Kier alpha value is -0.290. The van der Waals surface area contributed by atoms with Crippen molar-refractivity contribution in [3.8, 4) is 0 Å². The molecule has 0 heterocycles. The number of hydrogen-bond donors (Lipinski definition) is 1. The van der Waals surface area contributed by atoms with Crippen LogP contribution >= 0.6 is 0 Å². The number of hydrogen-bond acceptors (Lipinski definition) is 2. The minimum atomic E-state index is -4.25. The molecule has 0 bridgehead atoms. The van der Waals surface area contributed by atoms with Crippen LogP contribution in [0.4, 0.5) is 13.2 Å². The Morgan fingerprint density at radius 2 is 1.84 bits per heavy atom. The Morgan fingerprint density at radius 1 is 1.21 bits per heavy atom. The van der Waals surface area contributed by atoms with Crippen molar-refractivity contribution < 1.29 is 17.9 Å². The van der Waals surface area contributed by atoms with E-state index in [4.69, 9.17) is 10.5 Å². The second-order valence-electron chi connectivity index (χ2n) is 6.82. The lowest BCUT2D eigenvalue weighted by Crippen LogP contribution is -2.54. The molecule has 2 nitrogen and oxygen atoms in total. The molecule has 0 aromatic carbocycles. The summed E-state index contributed by atoms with van der Waals surface area (Å²) < 4.78 is 40.8. The Labute approximate surface area is 113 Å². The SMILES string of the molecule is CC(C)(C)C1CCCCC1(N)CCOCC(F)(F)F. The van der Waals surface area contributed by atoms with E-state index in [1.807, 2.05) is 0 Å². The van der Waals surface area contributed by atoms with Gasteiger partial charge in [-0.2, -0.15) is 13.2 Å². The first-order chi connectivity index (χ1) is 8.55. The van der Waals surface area contributed by atoms with Crippen molar-refractivity contribution >= 4 is 0 Å². The lowest BCUT2D eigenvalue weighted by Gasteiger charge is -2.48. The van der Waals surface area contributed by atoms with E-state index < -0.39 is 12.8 Å². The monoisotopic (exact) mass is 281 g/mol. The molecule has 0 aromatic heterocycles. The van der Waals surface area contributed by atoms with E-state index in [1.54, 1.807) is 0 Å². The van der Waals surface area contributed by atoms with E-state index >= 15 is 0 Å². The molecule has 2 N–H and O–H groups in total. The van der Waals surface area contributed by atoms with Gasteiger partial charge in [-0.1, -0.05) is 33.6 Å². The number of nitrogens with two attached hydrogens (primary N) is 1. The van der Waals surface area contributed by atoms with Crippen molar-refractivity contribution in [2.75, 3.05) is 13.2 Å². The van der Waals surface area contributed by atoms with Crippen molar-refractivity contribution in [2.45, 2.75) is 64.6 Å². The van der Waals surface area contributed by atoms with Crippen molar-refractivity contribution in [1.29, 1.82) is 0 Å². The lowest BCUT2D eigenvalue weighted by molar-refractivity contribution is -0.175. The van der Waals surface area contributed by atoms with Crippen LogP contribution in [0.2, 0.25) is 0 Å². The van der Waals surface area contributed by atoms with Gasteiger partial charge in [0, 0.05) is 12.1 Å². The van der Waals surface area contributed by atoms with Gasteiger partial charge in [0.2, 0.25) is 0 Å². The van der Waals surface area contributed by atoms with Gasteiger partial charge in [0.05, 0.1) is 0 Å². The van der Waals surface area contributed by atoms with Crippen molar-refractivity contribution in [3.63, 3.8) is 0 Å². The summed E-state index contributed by atoms with van der Waals surface area (Å²) in [6.45, 7) is 5.37. The molecule has 0 aromatic rings. The third kappa shape index (κ3) is 5.30. The molecule has 2 atom stereocenters. The molecule has 0 saturated heterocycles. The fraction of sp³-hybridized carbons (Fsp3) is 1.00. The van der Waals surface area contributed by atoms with E-state index in [-0.39, 0.29) is 17.6 Å². The standard InChI is InChI=1S/C14H26F3NO/c1-12(2,3)11-6-4-5-7-13(11,18)8-9-19-10-14(15,16)17/h11H,4-10,18H2,1-3H3. The Balaban J connectivity index is 2.52. The number of halogens is 3. The van der Waals surface area contributed by atoms with Crippen LogP contribution < -0.4 is 5.73 Å². The van der Waals surface area contributed by atoms with Crippen LogP contribution in [0, 0.1) is 11.3 Å². The van der Waals surface area contributed by atoms with E-state index in [9.17, 15) is 13.2 Å². The summed E-state index contributed by atoms with van der Waals surface area (Å²) in [4.78, 5) is 0. The maximum absolute atomic E-state index is 12.0. The molecule has 0 radical (unpaired) electrons. The first-order valence-electron chi connectivity index (χ1n) is 6.98. The largest absolute Gasteiger partial charge is 0.411 e. The highest BCUT2D eigenvalue weighted by molar-refractivity contribution is 4.98. The smallest absolute Gasteiger partial charge is 0.372 e. The number of ether oxygens (including phenoxy) is 1. The minimum Gasteiger partial charge on any atom is -0.372 e. The van der Waals surface area contributed by atoms with Gasteiger partial charge < -0.3 is 10.5 Å². The topological polar surface area (TPSA) is 35.2 Å². The van der Waals surface area contributed by atoms with Crippen LogP contribution in [-0.4, -0.2) is 24.9 Å². The molecular formula is C14H26F3NO. The molecule has 5 heteroatoms. The molecular weight excluding hydrogens is 255 g/mol. The summed E-state index contributed by atoms with van der Waals surface area (Å²) in [5.41, 5.74) is 6.17. The summed E-state index contributed by atoms with van der Waals surface area (Å²) in [5, 5.41) is 0. The molecule has 0 amide bonds. The van der Waals surface area contributed by atoms with E-state index in [0.717, 1.165) is 25.7 Å². The average molecular weight is 281 g/mol. The van der Waals surface area contributed by atoms with E-state index in [1.165, 1.54) is 0 Å². The molecule has 1 fully saturated rings. The molecule has 1 aliphatic rings. The van der Waals surface area contributed by atoms with Crippen LogP contribution in [-0.2, 0) is 4.74 Å². The summed E-state index contributed by atoms with van der Waals surface area (Å²) in [7, 11) is 0. The lowest BCUT2D eigenvalue weighted by atomic mass is 9.61. The molecule has 114 valence electrons. The fourth-order valence-corrected chi connectivity index (χ4v) is 3.31. The van der Waals surface area contributed by atoms with Crippen molar-refractivity contribution in [3.05, 3.63) is 0 Å².